The Bertz CT molecular complexity index is 694. The van der Waals surface area contributed by atoms with Crippen molar-refractivity contribution in [2.75, 3.05) is 26.3 Å². The summed E-state index contributed by atoms with van der Waals surface area (Å²) >= 11 is 1.57. The standard InChI is InChI=1S/C21H31NO5S/c1-19(2,3)27-18(24)22-9-6-15-13-21(25-10-11-26-21)8-7-20(15,14-22)17(23)16-5-4-12-28-16/h4-5,12,15,17,23H,6-11,13-14H2,1-3H3/t15-,17?,20-/m0/s1. The zero-order valence-electron chi connectivity index (χ0n) is 17.0. The maximum Gasteiger partial charge on any atom is 0.410 e. The summed E-state index contributed by atoms with van der Waals surface area (Å²) in [4.78, 5) is 15.5. The van der Waals surface area contributed by atoms with E-state index in [1.54, 1.807) is 16.2 Å². The van der Waals surface area contributed by atoms with Crippen LogP contribution in [0.3, 0.4) is 0 Å². The lowest BCUT2D eigenvalue weighted by Crippen LogP contribution is -2.58. The number of carbonyl (C=O) groups is 1. The van der Waals surface area contributed by atoms with E-state index in [0.717, 1.165) is 30.6 Å². The van der Waals surface area contributed by atoms with E-state index in [0.29, 0.717) is 26.3 Å². The van der Waals surface area contributed by atoms with E-state index in [2.05, 4.69) is 0 Å². The van der Waals surface area contributed by atoms with Crippen LogP contribution in [0.2, 0.25) is 0 Å². The number of hydrogen-bond donors (Lipinski definition) is 1. The van der Waals surface area contributed by atoms with Crippen LogP contribution >= 0.6 is 11.3 Å². The van der Waals surface area contributed by atoms with E-state index in [1.165, 1.54) is 0 Å². The van der Waals surface area contributed by atoms with Crippen LogP contribution in [-0.2, 0) is 14.2 Å². The van der Waals surface area contributed by atoms with Crippen molar-refractivity contribution in [2.45, 2.75) is 63.9 Å². The Hall–Kier alpha value is -1.15. The molecule has 28 heavy (non-hydrogen) atoms. The van der Waals surface area contributed by atoms with E-state index >= 15 is 0 Å². The van der Waals surface area contributed by atoms with Crippen LogP contribution in [0.25, 0.3) is 0 Å². The van der Waals surface area contributed by atoms with Crippen molar-refractivity contribution < 1.29 is 24.1 Å². The van der Waals surface area contributed by atoms with Gasteiger partial charge in [0.1, 0.15) is 5.60 Å². The summed E-state index contributed by atoms with van der Waals surface area (Å²) in [6.45, 7) is 8.05. The SMILES string of the molecule is CC(C)(C)OC(=O)N1CC[C@H]2CC3(CC[C@]2(C(O)c2cccs2)C1)OCCO3. The fourth-order valence-corrected chi connectivity index (χ4v) is 5.90. The minimum Gasteiger partial charge on any atom is -0.444 e. The van der Waals surface area contributed by atoms with Crippen molar-refractivity contribution in [1.82, 2.24) is 4.90 Å². The Kier molecular flexibility index (Phi) is 5.23. The summed E-state index contributed by atoms with van der Waals surface area (Å²) in [5, 5.41) is 13.4. The molecule has 156 valence electrons. The predicted molar refractivity (Wildman–Crippen MR) is 106 cm³/mol. The second kappa shape index (κ2) is 7.27. The highest BCUT2D eigenvalue weighted by atomic mass is 32.1. The van der Waals surface area contributed by atoms with E-state index in [9.17, 15) is 9.90 Å². The molecule has 2 aliphatic heterocycles. The van der Waals surface area contributed by atoms with Gasteiger partial charge in [-0.3, -0.25) is 0 Å². The minimum absolute atomic E-state index is 0.232. The number of ether oxygens (including phenoxy) is 3. The molecular formula is C21H31NO5S. The Balaban J connectivity index is 1.60. The quantitative estimate of drug-likeness (QED) is 0.801. The summed E-state index contributed by atoms with van der Waals surface area (Å²) in [5.41, 5.74) is -0.934. The molecule has 1 aromatic heterocycles. The van der Waals surface area contributed by atoms with Gasteiger partial charge in [0.05, 0.1) is 19.3 Å². The average molecular weight is 410 g/mol. The lowest BCUT2D eigenvalue weighted by atomic mass is 9.58. The first-order valence-electron chi connectivity index (χ1n) is 10.2. The van der Waals surface area contributed by atoms with Gasteiger partial charge in [0.2, 0.25) is 0 Å². The molecule has 1 aromatic rings. The molecule has 3 aliphatic rings. The van der Waals surface area contributed by atoms with Crippen molar-refractivity contribution in [2.24, 2.45) is 11.3 Å². The van der Waals surface area contributed by atoms with Crippen LogP contribution in [0, 0.1) is 11.3 Å². The van der Waals surface area contributed by atoms with Gasteiger partial charge in [-0.2, -0.15) is 0 Å². The highest BCUT2D eigenvalue weighted by molar-refractivity contribution is 7.10. The Morgan fingerprint density at radius 3 is 2.75 bits per heavy atom. The molecule has 4 rings (SSSR count). The van der Waals surface area contributed by atoms with Gasteiger partial charge < -0.3 is 24.2 Å². The number of amides is 1. The second-order valence-corrected chi connectivity index (χ2v) is 10.3. The molecule has 1 aliphatic carbocycles. The number of fused-ring (bicyclic) bond motifs is 1. The Morgan fingerprint density at radius 1 is 1.36 bits per heavy atom. The number of nitrogens with zero attached hydrogens (tertiary/aromatic N) is 1. The molecular weight excluding hydrogens is 378 g/mol. The summed E-state index contributed by atoms with van der Waals surface area (Å²) < 4.78 is 17.6. The van der Waals surface area contributed by atoms with Crippen molar-refractivity contribution in [3.8, 4) is 0 Å². The van der Waals surface area contributed by atoms with Crippen LogP contribution in [-0.4, -0.2) is 53.8 Å². The fourth-order valence-electron chi connectivity index (χ4n) is 5.07. The van der Waals surface area contributed by atoms with Crippen molar-refractivity contribution >= 4 is 17.4 Å². The number of carbonyl (C=O) groups excluding carboxylic acids is 1. The summed E-state index contributed by atoms with van der Waals surface area (Å²) in [7, 11) is 0. The van der Waals surface area contributed by atoms with E-state index in [-0.39, 0.29) is 12.0 Å². The van der Waals surface area contributed by atoms with Gasteiger partial charge in [-0.15, -0.1) is 11.3 Å². The van der Waals surface area contributed by atoms with Gasteiger partial charge in [0.15, 0.2) is 5.79 Å². The summed E-state index contributed by atoms with van der Waals surface area (Å²) in [6.07, 6.45) is 2.19. The summed E-state index contributed by atoms with van der Waals surface area (Å²) in [5.74, 6) is -0.271. The average Bonchev–Trinajstić information content (AvgIpc) is 3.32. The van der Waals surface area contributed by atoms with Crippen LogP contribution in [0.15, 0.2) is 17.5 Å². The number of aliphatic hydroxyl groups is 1. The molecule has 3 atom stereocenters. The number of rotatable bonds is 2. The number of thiophene rings is 1. The third kappa shape index (κ3) is 3.70. The third-order valence-corrected chi connectivity index (χ3v) is 7.32. The van der Waals surface area contributed by atoms with Crippen LogP contribution < -0.4 is 0 Å². The number of piperidine rings is 1. The number of aliphatic hydroxyl groups excluding tert-OH is 1. The van der Waals surface area contributed by atoms with Gasteiger partial charge in [0, 0.05) is 36.2 Å². The van der Waals surface area contributed by atoms with Crippen LogP contribution in [0.1, 0.15) is 57.4 Å². The molecule has 1 amide bonds. The molecule has 3 heterocycles. The van der Waals surface area contributed by atoms with Crippen LogP contribution in [0.5, 0.6) is 0 Å². The lowest BCUT2D eigenvalue weighted by Gasteiger charge is -2.55. The molecule has 1 unspecified atom stereocenters. The first-order chi connectivity index (χ1) is 13.2. The maximum absolute atomic E-state index is 12.8. The molecule has 3 fully saturated rings. The lowest BCUT2D eigenvalue weighted by molar-refractivity contribution is -0.229. The molecule has 1 spiro atoms. The van der Waals surface area contributed by atoms with Gasteiger partial charge in [-0.05, 0) is 51.0 Å². The van der Waals surface area contributed by atoms with Gasteiger partial charge in [0.25, 0.3) is 0 Å². The van der Waals surface area contributed by atoms with E-state index in [4.69, 9.17) is 14.2 Å². The van der Waals surface area contributed by atoms with Crippen molar-refractivity contribution in [3.05, 3.63) is 22.4 Å². The zero-order valence-corrected chi connectivity index (χ0v) is 17.8. The maximum atomic E-state index is 12.8. The molecule has 1 saturated carbocycles. The topological polar surface area (TPSA) is 68.2 Å². The first-order valence-corrected chi connectivity index (χ1v) is 11.1. The van der Waals surface area contributed by atoms with Gasteiger partial charge >= 0.3 is 6.09 Å². The van der Waals surface area contributed by atoms with Crippen LogP contribution in [0.4, 0.5) is 4.79 Å². The highest BCUT2D eigenvalue weighted by Gasteiger charge is 2.58. The molecule has 0 aromatic carbocycles. The van der Waals surface area contributed by atoms with E-state index < -0.39 is 22.9 Å². The van der Waals surface area contributed by atoms with E-state index in [1.807, 2.05) is 38.3 Å². The molecule has 2 saturated heterocycles. The zero-order chi connectivity index (χ0) is 20.0. The smallest absolute Gasteiger partial charge is 0.410 e. The minimum atomic E-state index is -0.610. The largest absolute Gasteiger partial charge is 0.444 e. The van der Waals surface area contributed by atoms with Gasteiger partial charge in [-0.1, -0.05) is 6.07 Å². The molecule has 0 bridgehead atoms. The second-order valence-electron chi connectivity index (χ2n) is 9.35. The normalized spacial score (nSPS) is 30.9. The number of hydrogen-bond acceptors (Lipinski definition) is 6. The molecule has 1 N–H and O–H groups in total. The molecule has 6 nitrogen and oxygen atoms in total. The predicted octanol–water partition coefficient (Wildman–Crippen LogP) is 3.95. The summed E-state index contributed by atoms with van der Waals surface area (Å²) in [6, 6.07) is 3.96. The Morgan fingerprint density at radius 2 is 2.11 bits per heavy atom. The molecule has 7 heteroatoms. The Labute approximate surface area is 170 Å². The molecule has 0 radical (unpaired) electrons. The first kappa shape index (κ1) is 20.1. The monoisotopic (exact) mass is 409 g/mol. The third-order valence-electron chi connectivity index (χ3n) is 6.40. The van der Waals surface area contributed by atoms with Crippen molar-refractivity contribution in [3.63, 3.8) is 0 Å². The van der Waals surface area contributed by atoms with Gasteiger partial charge in [-0.25, -0.2) is 4.79 Å². The highest BCUT2D eigenvalue weighted by Crippen LogP contribution is 2.57. The fraction of sp³-hybridized carbons (Fsp3) is 0.762. The van der Waals surface area contributed by atoms with Crippen molar-refractivity contribution in [1.29, 1.82) is 0 Å². The number of likely N-dealkylation sites (tertiary alicyclic amines) is 1.